The first-order valence-corrected chi connectivity index (χ1v) is 4.74. The minimum absolute atomic E-state index is 0.730. The summed E-state index contributed by atoms with van der Waals surface area (Å²) < 4.78 is 0.730. The number of fused-ring (bicyclic) bond motifs is 1. The van der Waals surface area contributed by atoms with Gasteiger partial charge in [0, 0.05) is 16.5 Å². The van der Waals surface area contributed by atoms with Gasteiger partial charge in [-0.1, -0.05) is 29.5 Å². The maximum absolute atomic E-state index is 2.64. The van der Waals surface area contributed by atoms with Gasteiger partial charge in [-0.05, 0) is 18.9 Å². The largest absolute Gasteiger partial charge is 0.302 e. The fraction of sp³-hybridized carbons (Fsp3) is 1.00. The van der Waals surface area contributed by atoms with E-state index in [0.717, 1.165) is 9.34 Å². The van der Waals surface area contributed by atoms with Crippen LogP contribution in [0, 0.1) is 5.92 Å². The Morgan fingerprint density at radius 3 is 2.89 bits per heavy atom. The molecule has 0 spiro atoms. The van der Waals surface area contributed by atoms with Gasteiger partial charge in [-0.25, -0.2) is 0 Å². The highest BCUT2D eigenvalue weighted by molar-refractivity contribution is 14.1. The summed E-state index contributed by atoms with van der Waals surface area (Å²) in [6.07, 6.45) is 1.49. The van der Waals surface area contributed by atoms with Crippen molar-refractivity contribution < 1.29 is 0 Å². The average molecular weight is 237 g/mol. The molecule has 2 aliphatic rings. The van der Waals surface area contributed by atoms with Gasteiger partial charge in [-0.15, -0.1) is 0 Å². The van der Waals surface area contributed by atoms with Crippen LogP contribution in [0.25, 0.3) is 0 Å². The van der Waals surface area contributed by atoms with Crippen molar-refractivity contribution in [1.82, 2.24) is 4.90 Å². The Labute approximate surface area is 69.9 Å². The van der Waals surface area contributed by atoms with Crippen molar-refractivity contribution in [3.63, 3.8) is 0 Å². The summed E-state index contributed by atoms with van der Waals surface area (Å²) in [4.78, 5) is 2.56. The van der Waals surface area contributed by atoms with Crippen molar-refractivity contribution in [2.45, 2.75) is 16.8 Å². The van der Waals surface area contributed by atoms with E-state index in [1.165, 1.54) is 26.1 Å². The molecule has 0 amide bonds. The molecule has 9 heavy (non-hydrogen) atoms. The van der Waals surface area contributed by atoms with Gasteiger partial charge in [-0.2, -0.15) is 0 Å². The number of alkyl halides is 1. The zero-order valence-corrected chi connectivity index (χ0v) is 7.89. The van der Waals surface area contributed by atoms with Crippen LogP contribution in [0.4, 0.5) is 0 Å². The summed E-state index contributed by atoms with van der Waals surface area (Å²) >= 11 is 2.64. The summed E-state index contributed by atoms with van der Waals surface area (Å²) in [7, 11) is 0. The van der Waals surface area contributed by atoms with Gasteiger partial charge in [0.2, 0.25) is 0 Å². The lowest BCUT2D eigenvalue weighted by Gasteiger charge is -2.14. The van der Waals surface area contributed by atoms with Gasteiger partial charge < -0.3 is 4.90 Å². The standard InChI is InChI=1S/C7H12IN/c1-2-9-4-6-3-7(6,8)5-9/h6H,2-5H2,1H3. The van der Waals surface area contributed by atoms with Gasteiger partial charge in [0.05, 0.1) is 0 Å². The van der Waals surface area contributed by atoms with Crippen LogP contribution in [0.5, 0.6) is 0 Å². The molecule has 0 aromatic heterocycles. The fourth-order valence-electron chi connectivity index (χ4n) is 1.76. The van der Waals surface area contributed by atoms with E-state index in [2.05, 4.69) is 34.4 Å². The van der Waals surface area contributed by atoms with Crippen LogP contribution in [-0.2, 0) is 0 Å². The molecule has 52 valence electrons. The van der Waals surface area contributed by atoms with Gasteiger partial charge in [0.25, 0.3) is 0 Å². The number of hydrogen-bond acceptors (Lipinski definition) is 1. The van der Waals surface area contributed by atoms with E-state index in [9.17, 15) is 0 Å². The molecule has 2 fully saturated rings. The third-order valence-electron chi connectivity index (χ3n) is 2.57. The summed E-state index contributed by atoms with van der Waals surface area (Å²) in [5.41, 5.74) is 0. The highest BCUT2D eigenvalue weighted by Crippen LogP contribution is 2.56. The monoisotopic (exact) mass is 237 g/mol. The van der Waals surface area contributed by atoms with Crippen molar-refractivity contribution in [2.75, 3.05) is 19.6 Å². The summed E-state index contributed by atoms with van der Waals surface area (Å²) in [6, 6.07) is 0. The van der Waals surface area contributed by atoms with Gasteiger partial charge in [0.1, 0.15) is 0 Å². The number of piperidine rings is 1. The molecule has 1 aliphatic carbocycles. The van der Waals surface area contributed by atoms with Crippen LogP contribution in [0.3, 0.4) is 0 Å². The smallest absolute Gasteiger partial charge is 0.0393 e. The maximum atomic E-state index is 2.64. The van der Waals surface area contributed by atoms with Gasteiger partial charge in [-0.3, -0.25) is 0 Å². The first-order valence-electron chi connectivity index (χ1n) is 3.66. The highest BCUT2D eigenvalue weighted by atomic mass is 127. The van der Waals surface area contributed by atoms with E-state index in [0.29, 0.717) is 0 Å². The van der Waals surface area contributed by atoms with Gasteiger partial charge in [0.15, 0.2) is 0 Å². The Morgan fingerprint density at radius 1 is 1.78 bits per heavy atom. The fourth-order valence-corrected chi connectivity index (χ4v) is 2.97. The molecule has 2 heteroatoms. The van der Waals surface area contributed by atoms with E-state index >= 15 is 0 Å². The molecule has 2 unspecified atom stereocenters. The molecular weight excluding hydrogens is 225 g/mol. The predicted octanol–water partition coefficient (Wildman–Crippen LogP) is 1.52. The molecule has 0 aromatic carbocycles. The SMILES string of the molecule is CCN1CC2CC2(I)C1. The zero-order valence-electron chi connectivity index (χ0n) is 5.73. The van der Waals surface area contributed by atoms with Crippen molar-refractivity contribution in [2.24, 2.45) is 5.92 Å². The highest BCUT2D eigenvalue weighted by Gasteiger charge is 2.57. The van der Waals surface area contributed by atoms with Crippen LogP contribution < -0.4 is 0 Å². The van der Waals surface area contributed by atoms with Crippen LogP contribution >= 0.6 is 22.6 Å². The van der Waals surface area contributed by atoms with E-state index < -0.39 is 0 Å². The normalized spacial score (nSPS) is 49.3. The minimum Gasteiger partial charge on any atom is -0.302 e. The minimum atomic E-state index is 0.730. The molecular formula is C7H12IN. The van der Waals surface area contributed by atoms with E-state index in [1.54, 1.807) is 0 Å². The number of halogens is 1. The lowest BCUT2D eigenvalue weighted by Crippen LogP contribution is -2.24. The lowest BCUT2D eigenvalue weighted by atomic mass is 10.4. The van der Waals surface area contributed by atoms with Crippen LogP contribution in [0.2, 0.25) is 0 Å². The Balaban J connectivity index is 1.98. The summed E-state index contributed by atoms with van der Waals surface area (Å²) in [6.45, 7) is 6.24. The first kappa shape index (κ1) is 6.40. The van der Waals surface area contributed by atoms with E-state index in [1.807, 2.05) is 0 Å². The van der Waals surface area contributed by atoms with Crippen LogP contribution in [0.15, 0.2) is 0 Å². The van der Waals surface area contributed by atoms with Crippen LogP contribution in [-0.4, -0.2) is 28.0 Å². The molecule has 2 rings (SSSR count). The van der Waals surface area contributed by atoms with Crippen LogP contribution in [0.1, 0.15) is 13.3 Å². The molecule has 2 atom stereocenters. The maximum Gasteiger partial charge on any atom is 0.0393 e. The number of likely N-dealkylation sites (tertiary alicyclic amines) is 1. The van der Waals surface area contributed by atoms with E-state index in [-0.39, 0.29) is 0 Å². The van der Waals surface area contributed by atoms with Gasteiger partial charge >= 0.3 is 0 Å². The number of hydrogen-bond donors (Lipinski definition) is 0. The molecule has 1 saturated heterocycles. The molecule has 1 aliphatic heterocycles. The Kier molecular flexibility index (Phi) is 1.31. The average Bonchev–Trinajstić information content (AvgIpc) is 2.33. The number of nitrogens with zero attached hydrogens (tertiary/aromatic N) is 1. The van der Waals surface area contributed by atoms with Crippen molar-refractivity contribution >= 4 is 22.6 Å². The third-order valence-corrected chi connectivity index (χ3v) is 4.23. The molecule has 0 bridgehead atoms. The molecule has 0 radical (unpaired) electrons. The molecule has 0 N–H and O–H groups in total. The molecule has 1 heterocycles. The Hall–Kier alpha value is 0.690. The van der Waals surface area contributed by atoms with Crippen molar-refractivity contribution in [3.05, 3.63) is 0 Å². The molecule has 1 nitrogen and oxygen atoms in total. The quantitative estimate of drug-likeness (QED) is 0.493. The topological polar surface area (TPSA) is 3.24 Å². The summed E-state index contributed by atoms with van der Waals surface area (Å²) in [5.74, 6) is 1.05. The van der Waals surface area contributed by atoms with Crippen molar-refractivity contribution in [1.29, 1.82) is 0 Å². The molecule has 0 aromatic rings. The predicted molar refractivity (Wildman–Crippen MR) is 47.0 cm³/mol. The summed E-state index contributed by atoms with van der Waals surface area (Å²) in [5, 5.41) is 0. The number of rotatable bonds is 1. The third kappa shape index (κ3) is 0.909. The Morgan fingerprint density at radius 2 is 2.56 bits per heavy atom. The second kappa shape index (κ2) is 1.84. The zero-order chi connectivity index (χ0) is 6.48. The Bertz CT molecular complexity index is 137. The lowest BCUT2D eigenvalue weighted by molar-refractivity contribution is 0.327. The molecule has 1 saturated carbocycles. The van der Waals surface area contributed by atoms with Crippen molar-refractivity contribution in [3.8, 4) is 0 Å². The second-order valence-electron chi connectivity index (χ2n) is 3.26. The first-order chi connectivity index (χ1) is 4.24. The second-order valence-corrected chi connectivity index (χ2v) is 5.41. The van der Waals surface area contributed by atoms with E-state index in [4.69, 9.17) is 0 Å².